The molecule has 0 radical (unpaired) electrons. The van der Waals surface area contributed by atoms with E-state index in [1.54, 1.807) is 13.0 Å². The van der Waals surface area contributed by atoms with Crippen LogP contribution < -0.4 is 4.74 Å². The summed E-state index contributed by atoms with van der Waals surface area (Å²) in [6, 6.07) is 19.1. The lowest BCUT2D eigenvalue weighted by Gasteiger charge is -2.27. The fraction of sp³-hybridized carbons (Fsp3) is 0.269. The van der Waals surface area contributed by atoms with Crippen LogP contribution in [0.25, 0.3) is 6.08 Å². The Morgan fingerprint density at radius 2 is 1.74 bits per heavy atom. The van der Waals surface area contributed by atoms with E-state index >= 15 is 0 Å². The zero-order valence-corrected chi connectivity index (χ0v) is 17.9. The molecule has 1 heterocycles. The second-order valence-electron chi connectivity index (χ2n) is 7.44. The minimum absolute atomic E-state index is 0.0124. The van der Waals surface area contributed by atoms with Gasteiger partial charge < -0.3 is 4.74 Å². The minimum atomic E-state index is -0.530. The van der Waals surface area contributed by atoms with Crippen LogP contribution in [0.2, 0.25) is 0 Å². The molecule has 0 saturated heterocycles. The molecule has 1 aliphatic heterocycles. The van der Waals surface area contributed by atoms with E-state index in [2.05, 4.69) is 6.92 Å². The number of hydrogen-bond acceptors (Lipinski definition) is 4. The maximum Gasteiger partial charge on any atom is 0.271 e. The summed E-state index contributed by atoms with van der Waals surface area (Å²) in [7, 11) is 0. The van der Waals surface area contributed by atoms with Crippen LogP contribution in [0.3, 0.4) is 0 Å². The number of ether oxygens (including phenoxy) is 1. The fourth-order valence-electron chi connectivity index (χ4n) is 3.38. The molecule has 3 rings (SSSR count). The van der Waals surface area contributed by atoms with Gasteiger partial charge in [-0.05, 0) is 54.7 Å². The Labute approximate surface area is 183 Å². The van der Waals surface area contributed by atoms with E-state index in [0.29, 0.717) is 24.2 Å². The van der Waals surface area contributed by atoms with Crippen molar-refractivity contribution in [2.75, 3.05) is 13.2 Å². The number of nitriles is 1. The summed E-state index contributed by atoms with van der Waals surface area (Å²) in [6.07, 6.45) is 4.33. The molecule has 0 atom stereocenters. The quantitative estimate of drug-likeness (QED) is 0.357. The highest BCUT2D eigenvalue weighted by molar-refractivity contribution is 6.19. The SMILES string of the molecule is CCCCOc1ccc(/C=C2/C(=O)N(CCc3ccccc3)C(=O)C(C#N)=C2C)cc1. The standard InChI is InChI=1S/C26H26N2O3/c1-3-4-16-31-22-12-10-21(11-13-22)17-23-19(2)24(18-27)26(30)28(25(23)29)15-14-20-8-6-5-7-9-20/h5-13,17H,3-4,14-16H2,1-2H3/b23-17+. The molecule has 2 amide bonds. The van der Waals surface area contributed by atoms with E-state index in [9.17, 15) is 14.9 Å². The molecular formula is C26H26N2O3. The Balaban J connectivity index is 1.84. The molecule has 5 nitrogen and oxygen atoms in total. The van der Waals surface area contributed by atoms with Crippen LogP contribution in [0, 0.1) is 11.3 Å². The predicted molar refractivity (Wildman–Crippen MR) is 120 cm³/mol. The molecule has 31 heavy (non-hydrogen) atoms. The van der Waals surface area contributed by atoms with Crippen LogP contribution in [0.4, 0.5) is 0 Å². The predicted octanol–water partition coefficient (Wildman–Crippen LogP) is 4.70. The molecule has 0 saturated carbocycles. The molecule has 158 valence electrons. The lowest BCUT2D eigenvalue weighted by atomic mass is 9.93. The molecule has 2 aromatic carbocycles. The van der Waals surface area contributed by atoms with E-state index in [-0.39, 0.29) is 18.0 Å². The number of hydrogen-bond donors (Lipinski definition) is 0. The van der Waals surface area contributed by atoms with Gasteiger partial charge in [-0.15, -0.1) is 0 Å². The second kappa shape index (κ2) is 10.4. The van der Waals surface area contributed by atoms with Crippen molar-refractivity contribution >= 4 is 17.9 Å². The Bertz CT molecular complexity index is 1040. The monoisotopic (exact) mass is 414 g/mol. The van der Waals surface area contributed by atoms with Gasteiger partial charge in [0.05, 0.1) is 6.61 Å². The summed E-state index contributed by atoms with van der Waals surface area (Å²) >= 11 is 0. The molecule has 0 aliphatic carbocycles. The Morgan fingerprint density at radius 3 is 2.39 bits per heavy atom. The number of unbranched alkanes of at least 4 members (excludes halogenated alkanes) is 1. The van der Waals surface area contributed by atoms with Crippen molar-refractivity contribution in [2.45, 2.75) is 33.1 Å². The van der Waals surface area contributed by atoms with E-state index in [1.165, 1.54) is 4.90 Å². The number of amides is 2. The van der Waals surface area contributed by atoms with Gasteiger partial charge in [-0.2, -0.15) is 5.26 Å². The summed E-state index contributed by atoms with van der Waals surface area (Å²) in [4.78, 5) is 27.1. The van der Waals surface area contributed by atoms with Crippen LogP contribution in [-0.2, 0) is 16.0 Å². The third kappa shape index (κ3) is 5.29. The van der Waals surface area contributed by atoms with Crippen LogP contribution >= 0.6 is 0 Å². The van der Waals surface area contributed by atoms with Crippen molar-refractivity contribution in [3.05, 3.63) is 82.4 Å². The van der Waals surface area contributed by atoms with Crippen molar-refractivity contribution in [2.24, 2.45) is 0 Å². The molecule has 0 bridgehead atoms. The summed E-state index contributed by atoms with van der Waals surface area (Å²) in [5.74, 6) is -0.131. The van der Waals surface area contributed by atoms with E-state index in [0.717, 1.165) is 29.7 Å². The van der Waals surface area contributed by atoms with Gasteiger partial charge in [-0.1, -0.05) is 55.8 Å². The Morgan fingerprint density at radius 1 is 1.03 bits per heavy atom. The summed E-state index contributed by atoms with van der Waals surface area (Å²) < 4.78 is 5.68. The summed E-state index contributed by atoms with van der Waals surface area (Å²) in [6.45, 7) is 4.65. The van der Waals surface area contributed by atoms with Gasteiger partial charge in [0.15, 0.2) is 0 Å². The van der Waals surface area contributed by atoms with Gasteiger partial charge in [-0.25, -0.2) is 0 Å². The minimum Gasteiger partial charge on any atom is -0.494 e. The first-order valence-corrected chi connectivity index (χ1v) is 10.5. The fourth-order valence-corrected chi connectivity index (χ4v) is 3.38. The first kappa shape index (κ1) is 22.0. The smallest absolute Gasteiger partial charge is 0.271 e. The van der Waals surface area contributed by atoms with Gasteiger partial charge in [0, 0.05) is 12.1 Å². The molecule has 0 unspecified atom stereocenters. The second-order valence-corrected chi connectivity index (χ2v) is 7.44. The molecule has 2 aromatic rings. The number of carbonyl (C=O) groups excluding carboxylic acids is 2. The van der Waals surface area contributed by atoms with E-state index in [4.69, 9.17) is 4.74 Å². The van der Waals surface area contributed by atoms with Gasteiger partial charge in [0.25, 0.3) is 11.8 Å². The van der Waals surface area contributed by atoms with E-state index in [1.807, 2.05) is 60.7 Å². The molecule has 1 aliphatic rings. The first-order chi connectivity index (χ1) is 15.0. The summed E-state index contributed by atoms with van der Waals surface area (Å²) in [5.41, 5.74) is 2.62. The summed E-state index contributed by atoms with van der Waals surface area (Å²) in [5, 5.41) is 9.53. The topological polar surface area (TPSA) is 70.4 Å². The van der Waals surface area contributed by atoms with Crippen molar-refractivity contribution in [3.63, 3.8) is 0 Å². The maximum absolute atomic E-state index is 13.1. The van der Waals surface area contributed by atoms with Crippen molar-refractivity contribution < 1.29 is 14.3 Å². The lowest BCUT2D eigenvalue weighted by molar-refractivity contribution is -0.140. The van der Waals surface area contributed by atoms with Gasteiger partial charge >= 0.3 is 0 Å². The molecule has 0 N–H and O–H groups in total. The molecule has 0 aromatic heterocycles. The van der Waals surface area contributed by atoms with Crippen molar-refractivity contribution in [3.8, 4) is 11.8 Å². The normalized spacial score (nSPS) is 15.4. The van der Waals surface area contributed by atoms with Crippen molar-refractivity contribution in [1.29, 1.82) is 5.26 Å². The largest absolute Gasteiger partial charge is 0.494 e. The number of rotatable bonds is 8. The van der Waals surface area contributed by atoms with Crippen LogP contribution in [0.5, 0.6) is 5.75 Å². The highest BCUT2D eigenvalue weighted by Gasteiger charge is 2.35. The Kier molecular flexibility index (Phi) is 7.40. The van der Waals surface area contributed by atoms with Crippen molar-refractivity contribution in [1.82, 2.24) is 4.90 Å². The van der Waals surface area contributed by atoms with Gasteiger partial charge in [0.1, 0.15) is 17.4 Å². The Hall–Kier alpha value is -3.65. The third-order valence-corrected chi connectivity index (χ3v) is 5.25. The number of carbonyl (C=O) groups is 2. The number of nitrogens with zero attached hydrogens (tertiary/aromatic N) is 2. The molecular weight excluding hydrogens is 388 g/mol. The zero-order valence-electron chi connectivity index (χ0n) is 17.9. The third-order valence-electron chi connectivity index (χ3n) is 5.25. The first-order valence-electron chi connectivity index (χ1n) is 10.5. The average Bonchev–Trinajstić information content (AvgIpc) is 2.79. The van der Waals surface area contributed by atoms with Crippen LogP contribution in [0.1, 0.15) is 37.8 Å². The van der Waals surface area contributed by atoms with E-state index < -0.39 is 5.91 Å². The average molecular weight is 415 g/mol. The lowest BCUT2D eigenvalue weighted by Crippen LogP contribution is -2.43. The highest BCUT2D eigenvalue weighted by atomic mass is 16.5. The number of imide groups is 1. The van der Waals surface area contributed by atoms with Crippen LogP contribution in [0.15, 0.2) is 71.3 Å². The molecule has 0 fully saturated rings. The van der Waals surface area contributed by atoms with Gasteiger partial charge in [0.2, 0.25) is 0 Å². The van der Waals surface area contributed by atoms with Crippen LogP contribution in [-0.4, -0.2) is 29.9 Å². The van der Waals surface area contributed by atoms with Gasteiger partial charge in [-0.3, -0.25) is 14.5 Å². The highest BCUT2D eigenvalue weighted by Crippen LogP contribution is 2.27. The maximum atomic E-state index is 13.1. The zero-order chi connectivity index (χ0) is 22.2. The number of benzene rings is 2. The molecule has 0 spiro atoms. The molecule has 5 heteroatoms.